The van der Waals surface area contributed by atoms with Crippen molar-refractivity contribution in [3.63, 3.8) is 0 Å². The number of H-pyrrole nitrogens is 1. The maximum atomic E-state index is 12.7. The number of aromatic amines is 1. The van der Waals surface area contributed by atoms with Crippen molar-refractivity contribution in [1.29, 1.82) is 0 Å². The first-order valence-corrected chi connectivity index (χ1v) is 11.7. The van der Waals surface area contributed by atoms with E-state index < -0.39 is 5.56 Å². The Morgan fingerprint density at radius 2 is 1.86 bits per heavy atom. The van der Waals surface area contributed by atoms with E-state index in [1.807, 2.05) is 18.2 Å². The van der Waals surface area contributed by atoms with Gasteiger partial charge in [0, 0.05) is 49.4 Å². The van der Waals surface area contributed by atoms with Crippen molar-refractivity contribution >= 4 is 51.2 Å². The zero-order valence-electron chi connectivity index (χ0n) is 18.8. The molecule has 3 heterocycles. The summed E-state index contributed by atoms with van der Waals surface area (Å²) in [4.78, 5) is 19.5. The van der Waals surface area contributed by atoms with Gasteiger partial charge < -0.3 is 25.0 Å². The van der Waals surface area contributed by atoms with Gasteiger partial charge >= 0.3 is 0 Å². The third kappa shape index (κ3) is 4.84. The molecule has 0 atom stereocenters. The number of pyridine rings is 1. The average Bonchev–Trinajstić information content (AvgIpc) is 2.87. The largest absolute Gasteiger partial charge is 0.494 e. The van der Waals surface area contributed by atoms with Crippen LogP contribution in [0.5, 0.6) is 17.4 Å². The Kier molecular flexibility index (Phi) is 6.63. The van der Waals surface area contributed by atoms with Gasteiger partial charge in [-0.1, -0.05) is 29.3 Å². The Morgan fingerprint density at radius 1 is 1.09 bits per heavy atom. The molecule has 0 amide bonds. The minimum Gasteiger partial charge on any atom is -0.494 e. The first kappa shape index (κ1) is 23.2. The second-order valence-corrected chi connectivity index (χ2v) is 8.69. The van der Waals surface area contributed by atoms with E-state index in [4.69, 9.17) is 32.7 Å². The molecule has 0 saturated carbocycles. The highest BCUT2D eigenvalue weighted by Crippen LogP contribution is 2.38. The number of hydrogen-bond donors (Lipinski definition) is 3. The summed E-state index contributed by atoms with van der Waals surface area (Å²) in [5.74, 6) is 1.35. The Labute approximate surface area is 211 Å². The van der Waals surface area contributed by atoms with Crippen molar-refractivity contribution in [3.05, 3.63) is 69.1 Å². The van der Waals surface area contributed by atoms with Gasteiger partial charge in [-0.15, -0.1) is 0 Å². The predicted octanol–water partition coefficient (Wildman–Crippen LogP) is 4.58. The number of halogens is 2. The van der Waals surface area contributed by atoms with Crippen LogP contribution in [0.15, 0.2) is 53.5 Å². The summed E-state index contributed by atoms with van der Waals surface area (Å²) in [7, 11) is 1.60. The lowest BCUT2D eigenvalue weighted by molar-refractivity contribution is 0.416. The standard InChI is InChI=1S/C24H22Cl2N6O3/c1-34-19-12-15(32-9-7-27-8-10-32)5-6-18(19)29-23-21-14(13-28-31-24(21)33)11-20(30-23)35-22-16(25)3-2-4-17(22)26/h2-6,11-13,27H,7-10H2,1H3,(H,29,30)(H,31,33). The van der Waals surface area contributed by atoms with Crippen LogP contribution >= 0.6 is 23.2 Å². The van der Waals surface area contributed by atoms with E-state index in [1.165, 1.54) is 6.20 Å². The molecule has 4 aromatic rings. The lowest BCUT2D eigenvalue weighted by atomic mass is 10.2. The summed E-state index contributed by atoms with van der Waals surface area (Å²) >= 11 is 12.5. The molecule has 1 saturated heterocycles. The molecule has 0 bridgehead atoms. The molecule has 3 N–H and O–H groups in total. The van der Waals surface area contributed by atoms with Gasteiger partial charge in [0.2, 0.25) is 5.88 Å². The number of rotatable bonds is 6. The second kappa shape index (κ2) is 9.99. The van der Waals surface area contributed by atoms with E-state index in [9.17, 15) is 4.79 Å². The molecule has 1 aliphatic rings. The predicted molar refractivity (Wildman–Crippen MR) is 138 cm³/mol. The molecule has 1 fully saturated rings. The number of methoxy groups -OCH3 is 1. The second-order valence-electron chi connectivity index (χ2n) is 7.87. The van der Waals surface area contributed by atoms with Crippen LogP contribution in [0.25, 0.3) is 10.8 Å². The van der Waals surface area contributed by atoms with Crippen LogP contribution in [0.3, 0.4) is 0 Å². The molecule has 5 rings (SSSR count). The fourth-order valence-corrected chi connectivity index (χ4v) is 4.43. The van der Waals surface area contributed by atoms with E-state index in [1.54, 1.807) is 31.4 Å². The van der Waals surface area contributed by atoms with Gasteiger partial charge in [0.25, 0.3) is 5.56 Å². The van der Waals surface area contributed by atoms with E-state index in [-0.39, 0.29) is 17.4 Å². The number of benzene rings is 2. The molecule has 11 heteroatoms. The maximum absolute atomic E-state index is 12.7. The van der Waals surface area contributed by atoms with Crippen molar-refractivity contribution in [2.75, 3.05) is 43.5 Å². The smallest absolute Gasteiger partial charge is 0.275 e. The topological polar surface area (TPSA) is 104 Å². The maximum Gasteiger partial charge on any atom is 0.275 e. The highest BCUT2D eigenvalue weighted by atomic mass is 35.5. The Hall–Kier alpha value is -3.53. The molecule has 1 aliphatic heterocycles. The number of piperazine rings is 1. The number of hydrogen-bond acceptors (Lipinski definition) is 8. The van der Waals surface area contributed by atoms with Crippen LogP contribution in [-0.4, -0.2) is 48.5 Å². The number of fused-ring (bicyclic) bond motifs is 1. The van der Waals surface area contributed by atoms with Crippen LogP contribution in [0.4, 0.5) is 17.2 Å². The van der Waals surface area contributed by atoms with E-state index >= 15 is 0 Å². The van der Waals surface area contributed by atoms with Crippen molar-refractivity contribution in [2.24, 2.45) is 0 Å². The van der Waals surface area contributed by atoms with Crippen molar-refractivity contribution in [2.45, 2.75) is 0 Å². The van der Waals surface area contributed by atoms with Crippen LogP contribution in [0, 0.1) is 0 Å². The van der Waals surface area contributed by atoms with Gasteiger partial charge in [-0.2, -0.15) is 10.1 Å². The molecule has 35 heavy (non-hydrogen) atoms. The molecule has 2 aromatic carbocycles. The highest BCUT2D eigenvalue weighted by Gasteiger charge is 2.17. The highest BCUT2D eigenvalue weighted by molar-refractivity contribution is 6.37. The molecular weight excluding hydrogens is 491 g/mol. The van der Waals surface area contributed by atoms with Crippen LogP contribution in [0.2, 0.25) is 10.0 Å². The molecule has 9 nitrogen and oxygen atoms in total. The summed E-state index contributed by atoms with van der Waals surface area (Å²) in [5.41, 5.74) is 1.31. The minimum atomic E-state index is -0.392. The number of nitrogens with zero attached hydrogens (tertiary/aromatic N) is 3. The Bertz CT molecular complexity index is 1420. The van der Waals surface area contributed by atoms with Gasteiger partial charge in [-0.25, -0.2) is 5.10 Å². The van der Waals surface area contributed by atoms with Crippen molar-refractivity contribution in [1.82, 2.24) is 20.5 Å². The summed E-state index contributed by atoms with van der Waals surface area (Å²) in [6, 6.07) is 12.5. The normalized spacial score (nSPS) is 13.6. The first-order chi connectivity index (χ1) is 17.0. The molecule has 2 aromatic heterocycles. The van der Waals surface area contributed by atoms with Gasteiger partial charge in [0.1, 0.15) is 11.6 Å². The van der Waals surface area contributed by atoms with Crippen molar-refractivity contribution < 1.29 is 9.47 Å². The zero-order chi connectivity index (χ0) is 24.4. The number of para-hydroxylation sites is 1. The van der Waals surface area contributed by atoms with E-state index in [0.29, 0.717) is 32.3 Å². The van der Waals surface area contributed by atoms with Crippen LogP contribution < -0.4 is 30.6 Å². The molecule has 0 spiro atoms. The third-order valence-electron chi connectivity index (χ3n) is 5.67. The van der Waals surface area contributed by atoms with Crippen molar-refractivity contribution in [3.8, 4) is 17.4 Å². The summed E-state index contributed by atoms with van der Waals surface area (Å²) < 4.78 is 11.6. The summed E-state index contributed by atoms with van der Waals surface area (Å²) in [6.45, 7) is 3.68. The number of ether oxygens (including phenoxy) is 2. The monoisotopic (exact) mass is 512 g/mol. The zero-order valence-corrected chi connectivity index (χ0v) is 20.3. The van der Waals surface area contributed by atoms with E-state index in [2.05, 4.69) is 30.7 Å². The van der Waals surface area contributed by atoms with Crippen LogP contribution in [-0.2, 0) is 0 Å². The minimum absolute atomic E-state index is 0.193. The molecule has 0 aliphatic carbocycles. The van der Waals surface area contributed by atoms with Crippen LogP contribution in [0.1, 0.15) is 0 Å². The lowest BCUT2D eigenvalue weighted by Crippen LogP contribution is -2.43. The SMILES string of the molecule is COc1cc(N2CCNCC2)ccc1Nc1nc(Oc2c(Cl)cccc2Cl)cc2cn[nH]c(=O)c12. The number of aromatic nitrogens is 3. The van der Waals surface area contributed by atoms with Gasteiger partial charge in [-0.05, 0) is 24.3 Å². The molecule has 0 unspecified atom stereocenters. The average molecular weight is 513 g/mol. The Balaban J connectivity index is 1.55. The van der Waals surface area contributed by atoms with E-state index in [0.717, 1.165) is 31.9 Å². The fourth-order valence-electron chi connectivity index (χ4n) is 3.95. The molecule has 180 valence electrons. The first-order valence-electron chi connectivity index (χ1n) is 10.9. The molecule has 0 radical (unpaired) electrons. The molecular formula is C24H22Cl2N6O3. The van der Waals surface area contributed by atoms with Gasteiger partial charge in [0.15, 0.2) is 5.75 Å². The fraction of sp³-hybridized carbons (Fsp3) is 0.208. The number of nitrogens with one attached hydrogen (secondary N) is 3. The third-order valence-corrected chi connectivity index (χ3v) is 6.26. The lowest BCUT2D eigenvalue weighted by Gasteiger charge is -2.30. The number of anilines is 3. The van der Waals surface area contributed by atoms with Gasteiger partial charge in [0.05, 0.1) is 34.4 Å². The van der Waals surface area contributed by atoms with Gasteiger partial charge in [-0.3, -0.25) is 4.79 Å². The summed E-state index contributed by atoms with van der Waals surface area (Å²) in [5, 5.41) is 14.5. The summed E-state index contributed by atoms with van der Waals surface area (Å²) in [6.07, 6.45) is 1.52. The quantitative estimate of drug-likeness (QED) is 0.344. The Morgan fingerprint density at radius 3 is 2.60 bits per heavy atom.